The molecule has 2 amide bonds. The average Bonchev–Trinajstić information content (AvgIpc) is 2.80. The van der Waals surface area contributed by atoms with Gasteiger partial charge in [0, 0.05) is 43.0 Å². The van der Waals surface area contributed by atoms with Crippen LogP contribution < -0.4 is 10.2 Å². The van der Waals surface area contributed by atoms with E-state index in [9.17, 15) is 9.59 Å². The van der Waals surface area contributed by atoms with Crippen LogP contribution in [-0.4, -0.2) is 31.6 Å². The van der Waals surface area contributed by atoms with E-state index < -0.39 is 0 Å². The van der Waals surface area contributed by atoms with Gasteiger partial charge in [0.2, 0.25) is 11.8 Å². The lowest BCUT2D eigenvalue weighted by Gasteiger charge is -2.28. The maximum absolute atomic E-state index is 12.9. The standard InChI is InChI=1S/C25H30N2O3/c1-2-27(25(29)19-13-15-30-16-14-19)23-11-9-22(10-12-23)26-24(28)21-8-7-18-5-3-4-6-20(18)17-21/h3-6,9-12,19,21H,2,7-8,13-17H2,1H3,(H,26,28). The summed E-state index contributed by atoms with van der Waals surface area (Å²) in [5.74, 6) is 0.274. The summed E-state index contributed by atoms with van der Waals surface area (Å²) < 4.78 is 5.38. The molecule has 1 atom stereocenters. The number of benzene rings is 2. The van der Waals surface area contributed by atoms with Crippen LogP contribution in [0.15, 0.2) is 48.5 Å². The van der Waals surface area contributed by atoms with Crippen LogP contribution in [0, 0.1) is 11.8 Å². The van der Waals surface area contributed by atoms with Gasteiger partial charge < -0.3 is 15.0 Å². The number of fused-ring (bicyclic) bond motifs is 1. The topological polar surface area (TPSA) is 58.6 Å². The fourth-order valence-corrected chi connectivity index (χ4v) is 4.52. The summed E-state index contributed by atoms with van der Waals surface area (Å²) in [6.07, 6.45) is 4.20. The Balaban J connectivity index is 1.38. The quantitative estimate of drug-likeness (QED) is 0.809. The van der Waals surface area contributed by atoms with Crippen molar-refractivity contribution >= 4 is 23.2 Å². The summed E-state index contributed by atoms with van der Waals surface area (Å²) in [5.41, 5.74) is 4.29. The molecular weight excluding hydrogens is 376 g/mol. The monoisotopic (exact) mass is 406 g/mol. The number of carbonyl (C=O) groups excluding carboxylic acids is 2. The highest BCUT2D eigenvalue weighted by Crippen LogP contribution is 2.27. The third-order valence-corrected chi connectivity index (χ3v) is 6.32. The van der Waals surface area contributed by atoms with Gasteiger partial charge in [0.25, 0.3) is 0 Å². The van der Waals surface area contributed by atoms with Crippen LogP contribution in [0.2, 0.25) is 0 Å². The Morgan fingerprint density at radius 2 is 1.67 bits per heavy atom. The number of rotatable bonds is 5. The largest absolute Gasteiger partial charge is 0.381 e. The highest BCUT2D eigenvalue weighted by molar-refractivity contribution is 5.96. The van der Waals surface area contributed by atoms with Crippen molar-refractivity contribution in [1.82, 2.24) is 0 Å². The van der Waals surface area contributed by atoms with Gasteiger partial charge in [0.1, 0.15) is 0 Å². The second-order valence-electron chi connectivity index (χ2n) is 8.21. The fraction of sp³-hybridized carbons (Fsp3) is 0.440. The third kappa shape index (κ3) is 4.57. The molecule has 2 aromatic carbocycles. The Hall–Kier alpha value is -2.66. The lowest BCUT2D eigenvalue weighted by molar-refractivity contribution is -0.125. The van der Waals surface area contributed by atoms with Gasteiger partial charge in [0.05, 0.1) is 0 Å². The molecule has 0 aromatic heterocycles. The zero-order valence-electron chi connectivity index (χ0n) is 17.6. The Morgan fingerprint density at radius 1 is 0.967 bits per heavy atom. The number of nitrogens with zero attached hydrogens (tertiary/aromatic N) is 1. The maximum Gasteiger partial charge on any atom is 0.230 e. The first kappa shape index (κ1) is 20.6. The Labute approximate surface area is 178 Å². The number of amides is 2. The summed E-state index contributed by atoms with van der Waals surface area (Å²) in [6, 6.07) is 16.0. The minimum absolute atomic E-state index is 0.00168. The number of ether oxygens (including phenoxy) is 1. The van der Waals surface area contributed by atoms with Crippen LogP contribution in [0.3, 0.4) is 0 Å². The van der Waals surface area contributed by atoms with Crippen molar-refractivity contribution in [2.45, 2.75) is 39.0 Å². The molecule has 0 spiro atoms. The van der Waals surface area contributed by atoms with E-state index in [0.29, 0.717) is 19.8 Å². The molecule has 0 bridgehead atoms. The van der Waals surface area contributed by atoms with Gasteiger partial charge >= 0.3 is 0 Å². The average molecular weight is 407 g/mol. The molecule has 2 aliphatic rings. The van der Waals surface area contributed by atoms with Crippen LogP contribution in [0.25, 0.3) is 0 Å². The zero-order chi connectivity index (χ0) is 20.9. The SMILES string of the molecule is CCN(C(=O)C1CCOCC1)c1ccc(NC(=O)C2CCc3ccccc3C2)cc1. The van der Waals surface area contributed by atoms with Gasteiger partial charge in [-0.3, -0.25) is 9.59 Å². The van der Waals surface area contributed by atoms with E-state index in [2.05, 4.69) is 23.5 Å². The van der Waals surface area contributed by atoms with Crippen molar-refractivity contribution in [3.63, 3.8) is 0 Å². The third-order valence-electron chi connectivity index (χ3n) is 6.32. The molecule has 158 valence electrons. The number of aryl methyl sites for hydroxylation is 1. The highest BCUT2D eigenvalue weighted by atomic mass is 16.5. The molecule has 1 unspecified atom stereocenters. The van der Waals surface area contributed by atoms with Gasteiger partial charge in [0.15, 0.2) is 0 Å². The van der Waals surface area contributed by atoms with Crippen molar-refractivity contribution in [3.05, 3.63) is 59.7 Å². The molecule has 1 aliphatic heterocycles. The normalized spacial score (nSPS) is 19.0. The summed E-state index contributed by atoms with van der Waals surface area (Å²) >= 11 is 0. The van der Waals surface area contributed by atoms with Crippen molar-refractivity contribution in [3.8, 4) is 0 Å². The Bertz CT molecular complexity index is 888. The summed E-state index contributed by atoms with van der Waals surface area (Å²) in [7, 11) is 0. The first-order valence-electron chi connectivity index (χ1n) is 11.0. The number of hydrogen-bond donors (Lipinski definition) is 1. The number of hydrogen-bond acceptors (Lipinski definition) is 3. The molecule has 1 aliphatic carbocycles. The van der Waals surface area contributed by atoms with E-state index in [4.69, 9.17) is 4.74 Å². The van der Waals surface area contributed by atoms with Crippen LogP contribution in [0.5, 0.6) is 0 Å². The molecular formula is C25H30N2O3. The fourth-order valence-electron chi connectivity index (χ4n) is 4.52. The molecule has 0 radical (unpaired) electrons. The van der Waals surface area contributed by atoms with E-state index in [1.165, 1.54) is 11.1 Å². The summed E-state index contributed by atoms with van der Waals surface area (Å²) in [6.45, 7) is 3.94. The summed E-state index contributed by atoms with van der Waals surface area (Å²) in [5, 5.41) is 3.06. The second kappa shape index (κ2) is 9.43. The molecule has 5 nitrogen and oxygen atoms in total. The van der Waals surface area contributed by atoms with Crippen molar-refractivity contribution in [2.75, 3.05) is 30.0 Å². The molecule has 1 fully saturated rings. The van der Waals surface area contributed by atoms with Crippen molar-refractivity contribution in [1.29, 1.82) is 0 Å². The molecule has 30 heavy (non-hydrogen) atoms. The predicted molar refractivity (Wildman–Crippen MR) is 119 cm³/mol. The molecule has 5 heteroatoms. The molecule has 4 rings (SSSR count). The van der Waals surface area contributed by atoms with Crippen LogP contribution in [0.1, 0.15) is 37.3 Å². The highest BCUT2D eigenvalue weighted by Gasteiger charge is 2.27. The van der Waals surface area contributed by atoms with Crippen LogP contribution in [0.4, 0.5) is 11.4 Å². The first-order valence-corrected chi connectivity index (χ1v) is 11.0. The van der Waals surface area contributed by atoms with Gasteiger partial charge in [-0.1, -0.05) is 24.3 Å². The summed E-state index contributed by atoms with van der Waals surface area (Å²) in [4.78, 5) is 27.5. The maximum atomic E-state index is 12.9. The van der Waals surface area contributed by atoms with E-state index in [-0.39, 0.29) is 23.7 Å². The number of nitrogens with one attached hydrogen (secondary N) is 1. The van der Waals surface area contributed by atoms with Gasteiger partial charge in [-0.15, -0.1) is 0 Å². The van der Waals surface area contributed by atoms with E-state index in [1.54, 1.807) is 0 Å². The van der Waals surface area contributed by atoms with Crippen molar-refractivity contribution in [2.24, 2.45) is 11.8 Å². The number of anilines is 2. The van der Waals surface area contributed by atoms with Gasteiger partial charge in [-0.2, -0.15) is 0 Å². The minimum Gasteiger partial charge on any atom is -0.381 e. The van der Waals surface area contributed by atoms with E-state index in [0.717, 1.165) is 43.5 Å². The van der Waals surface area contributed by atoms with Crippen molar-refractivity contribution < 1.29 is 14.3 Å². The van der Waals surface area contributed by atoms with Crippen LogP contribution in [-0.2, 0) is 27.2 Å². The first-order chi connectivity index (χ1) is 14.7. The molecule has 1 heterocycles. The number of carbonyl (C=O) groups is 2. The van der Waals surface area contributed by atoms with E-state index >= 15 is 0 Å². The molecule has 1 N–H and O–H groups in total. The molecule has 0 saturated carbocycles. The predicted octanol–water partition coefficient (Wildman–Crippen LogP) is 4.21. The van der Waals surface area contributed by atoms with Gasteiger partial charge in [-0.25, -0.2) is 0 Å². The Kier molecular flexibility index (Phi) is 6.48. The Morgan fingerprint density at radius 3 is 2.37 bits per heavy atom. The molecule has 2 aromatic rings. The van der Waals surface area contributed by atoms with E-state index in [1.807, 2.05) is 42.2 Å². The van der Waals surface area contributed by atoms with Gasteiger partial charge in [-0.05, 0) is 74.4 Å². The van der Waals surface area contributed by atoms with Crippen LogP contribution >= 0.6 is 0 Å². The molecule has 1 saturated heterocycles. The minimum atomic E-state index is 0.00168. The lowest BCUT2D eigenvalue weighted by atomic mass is 9.83. The zero-order valence-corrected chi connectivity index (χ0v) is 17.6. The lowest BCUT2D eigenvalue weighted by Crippen LogP contribution is -2.38. The smallest absolute Gasteiger partial charge is 0.230 e. The second-order valence-corrected chi connectivity index (χ2v) is 8.21.